The Morgan fingerprint density at radius 3 is 2.69 bits per heavy atom. The molecule has 0 amide bonds. The van der Waals surface area contributed by atoms with Gasteiger partial charge in [-0.2, -0.15) is 5.26 Å². The first-order valence-corrected chi connectivity index (χ1v) is 5.04. The molecule has 0 unspecified atom stereocenters. The summed E-state index contributed by atoms with van der Waals surface area (Å²) in [5.74, 6) is -1.05. The zero-order valence-electron chi connectivity index (χ0n) is 9.21. The molecule has 0 aromatic heterocycles. The number of carbonyl (C=O) groups excluding carboxylic acids is 1. The van der Waals surface area contributed by atoms with E-state index in [0.717, 1.165) is 0 Å². The summed E-state index contributed by atoms with van der Waals surface area (Å²) in [6, 6.07) is 4.32. The van der Waals surface area contributed by atoms with Crippen LogP contribution >= 0.6 is 0 Å². The van der Waals surface area contributed by atoms with Crippen LogP contribution in [0.4, 0.5) is 4.39 Å². The molecule has 1 aromatic carbocycles. The molecule has 0 saturated heterocycles. The first kappa shape index (κ1) is 12.2. The molecule has 0 aliphatic carbocycles. The summed E-state index contributed by atoms with van der Waals surface area (Å²) in [7, 11) is 0. The summed E-state index contributed by atoms with van der Waals surface area (Å²) in [6.45, 7) is 3.63. The molecule has 0 N–H and O–H groups in total. The van der Waals surface area contributed by atoms with E-state index in [1.165, 1.54) is 12.1 Å². The minimum absolute atomic E-state index is 0.0703. The molecule has 84 valence electrons. The van der Waals surface area contributed by atoms with Gasteiger partial charge in [0.2, 0.25) is 0 Å². The van der Waals surface area contributed by atoms with E-state index in [0.29, 0.717) is 6.42 Å². The number of halogens is 1. The lowest BCUT2D eigenvalue weighted by molar-refractivity contribution is 0.0526. The first-order valence-electron chi connectivity index (χ1n) is 5.04. The highest BCUT2D eigenvalue weighted by molar-refractivity contribution is 5.92. The standard InChI is InChI=1S/C12H12FNO2/c1-3-8-10(7-14)9(5-6-11(8)13)12(15)16-4-2/h5-6H,3-4H2,1-2H3. The molecule has 0 fully saturated rings. The van der Waals surface area contributed by atoms with Crippen molar-refractivity contribution in [1.82, 2.24) is 0 Å². The zero-order chi connectivity index (χ0) is 12.1. The Bertz CT molecular complexity index is 449. The van der Waals surface area contributed by atoms with Crippen molar-refractivity contribution >= 4 is 5.97 Å². The molecule has 1 rings (SSSR count). The van der Waals surface area contributed by atoms with E-state index in [9.17, 15) is 9.18 Å². The predicted octanol–water partition coefficient (Wildman–Crippen LogP) is 2.44. The molecule has 0 bridgehead atoms. The summed E-state index contributed by atoms with van der Waals surface area (Å²) in [6.07, 6.45) is 0.363. The Kier molecular flexibility index (Phi) is 4.01. The van der Waals surface area contributed by atoms with Gasteiger partial charge in [0.1, 0.15) is 11.9 Å². The minimum atomic E-state index is -0.589. The van der Waals surface area contributed by atoms with Crippen LogP contribution in [0.2, 0.25) is 0 Å². The second-order valence-electron chi connectivity index (χ2n) is 3.13. The van der Waals surface area contributed by atoms with Gasteiger partial charge in [0.15, 0.2) is 0 Å². The number of ether oxygens (including phenoxy) is 1. The number of carbonyl (C=O) groups is 1. The Hall–Kier alpha value is -1.89. The third-order valence-electron chi connectivity index (χ3n) is 2.22. The van der Waals surface area contributed by atoms with Gasteiger partial charge in [0, 0.05) is 5.56 Å². The summed E-state index contributed by atoms with van der Waals surface area (Å²) in [4.78, 5) is 11.5. The molecule has 0 heterocycles. The van der Waals surface area contributed by atoms with Gasteiger partial charge in [0.25, 0.3) is 0 Å². The maximum absolute atomic E-state index is 13.4. The number of nitriles is 1. The largest absolute Gasteiger partial charge is 0.462 e. The van der Waals surface area contributed by atoms with Crippen molar-refractivity contribution in [3.05, 3.63) is 34.6 Å². The van der Waals surface area contributed by atoms with Crippen LogP contribution in [0.5, 0.6) is 0 Å². The second kappa shape index (κ2) is 5.26. The number of hydrogen-bond donors (Lipinski definition) is 0. The van der Waals surface area contributed by atoms with Crippen molar-refractivity contribution < 1.29 is 13.9 Å². The van der Waals surface area contributed by atoms with E-state index in [1.54, 1.807) is 13.8 Å². The fourth-order valence-electron chi connectivity index (χ4n) is 1.47. The van der Waals surface area contributed by atoms with Crippen molar-refractivity contribution in [2.45, 2.75) is 20.3 Å². The fourth-order valence-corrected chi connectivity index (χ4v) is 1.47. The van der Waals surface area contributed by atoms with Crippen LogP contribution in [0.25, 0.3) is 0 Å². The number of nitrogens with zero attached hydrogens (tertiary/aromatic N) is 1. The summed E-state index contributed by atoms with van der Waals surface area (Å²) in [5, 5.41) is 8.95. The van der Waals surface area contributed by atoms with Gasteiger partial charge in [-0.25, -0.2) is 9.18 Å². The highest BCUT2D eigenvalue weighted by atomic mass is 19.1. The Labute approximate surface area is 93.5 Å². The van der Waals surface area contributed by atoms with Crippen LogP contribution in [0.15, 0.2) is 12.1 Å². The third kappa shape index (κ3) is 2.19. The normalized spacial score (nSPS) is 9.62. The number of hydrogen-bond acceptors (Lipinski definition) is 3. The van der Waals surface area contributed by atoms with E-state index in [2.05, 4.69) is 0 Å². The smallest absolute Gasteiger partial charge is 0.339 e. The van der Waals surface area contributed by atoms with Crippen LogP contribution < -0.4 is 0 Å². The van der Waals surface area contributed by atoms with Crippen LogP contribution in [-0.2, 0) is 11.2 Å². The molecule has 0 spiro atoms. The van der Waals surface area contributed by atoms with E-state index in [1.807, 2.05) is 6.07 Å². The average molecular weight is 221 g/mol. The van der Waals surface area contributed by atoms with Crippen LogP contribution in [-0.4, -0.2) is 12.6 Å². The predicted molar refractivity (Wildman–Crippen MR) is 56.4 cm³/mol. The molecule has 3 nitrogen and oxygen atoms in total. The van der Waals surface area contributed by atoms with Crippen LogP contribution in [0, 0.1) is 17.1 Å². The van der Waals surface area contributed by atoms with Gasteiger partial charge in [-0.05, 0) is 25.5 Å². The molecule has 0 aliphatic heterocycles. The monoisotopic (exact) mass is 221 g/mol. The fraction of sp³-hybridized carbons (Fsp3) is 0.333. The van der Waals surface area contributed by atoms with Crippen molar-refractivity contribution in [2.75, 3.05) is 6.61 Å². The van der Waals surface area contributed by atoms with Crippen molar-refractivity contribution in [2.24, 2.45) is 0 Å². The highest BCUT2D eigenvalue weighted by Crippen LogP contribution is 2.19. The molecule has 1 aromatic rings. The van der Waals surface area contributed by atoms with Crippen LogP contribution in [0.1, 0.15) is 35.3 Å². The van der Waals surface area contributed by atoms with Gasteiger partial charge in [-0.15, -0.1) is 0 Å². The van der Waals surface area contributed by atoms with E-state index < -0.39 is 11.8 Å². The molecule has 0 aliphatic rings. The molecular weight excluding hydrogens is 209 g/mol. The topological polar surface area (TPSA) is 50.1 Å². The molecule has 4 heteroatoms. The lowest BCUT2D eigenvalue weighted by atomic mass is 9.99. The minimum Gasteiger partial charge on any atom is -0.462 e. The van der Waals surface area contributed by atoms with Gasteiger partial charge in [0.05, 0.1) is 17.7 Å². The number of rotatable bonds is 3. The van der Waals surface area contributed by atoms with Gasteiger partial charge in [-0.3, -0.25) is 0 Å². The van der Waals surface area contributed by atoms with Crippen molar-refractivity contribution in [1.29, 1.82) is 5.26 Å². The van der Waals surface area contributed by atoms with E-state index >= 15 is 0 Å². The SMILES string of the molecule is CCOC(=O)c1ccc(F)c(CC)c1C#N. The Morgan fingerprint density at radius 2 is 2.19 bits per heavy atom. The Morgan fingerprint density at radius 1 is 1.50 bits per heavy atom. The number of esters is 1. The molecular formula is C12H12FNO2. The second-order valence-corrected chi connectivity index (χ2v) is 3.13. The zero-order valence-corrected chi connectivity index (χ0v) is 9.21. The molecule has 0 saturated carbocycles. The maximum atomic E-state index is 13.4. The highest BCUT2D eigenvalue weighted by Gasteiger charge is 2.17. The first-order chi connectivity index (χ1) is 7.65. The quantitative estimate of drug-likeness (QED) is 0.736. The van der Waals surface area contributed by atoms with Crippen molar-refractivity contribution in [3.63, 3.8) is 0 Å². The molecule has 16 heavy (non-hydrogen) atoms. The average Bonchev–Trinajstić information content (AvgIpc) is 2.28. The van der Waals surface area contributed by atoms with Gasteiger partial charge >= 0.3 is 5.97 Å². The van der Waals surface area contributed by atoms with E-state index in [-0.39, 0.29) is 23.3 Å². The van der Waals surface area contributed by atoms with Crippen molar-refractivity contribution in [3.8, 4) is 6.07 Å². The van der Waals surface area contributed by atoms with Crippen LogP contribution in [0.3, 0.4) is 0 Å². The van der Waals surface area contributed by atoms with Gasteiger partial charge in [-0.1, -0.05) is 6.92 Å². The summed E-state index contributed by atoms with van der Waals surface area (Å²) < 4.78 is 18.2. The number of benzene rings is 1. The third-order valence-corrected chi connectivity index (χ3v) is 2.22. The molecule has 0 atom stereocenters. The lowest BCUT2D eigenvalue weighted by Gasteiger charge is -2.08. The molecule has 0 radical (unpaired) electrons. The summed E-state index contributed by atoms with van der Waals surface area (Å²) >= 11 is 0. The lowest BCUT2D eigenvalue weighted by Crippen LogP contribution is -2.09. The maximum Gasteiger partial charge on any atom is 0.339 e. The summed E-state index contributed by atoms with van der Waals surface area (Å²) in [5.41, 5.74) is 0.455. The Balaban J connectivity index is 3.31. The van der Waals surface area contributed by atoms with E-state index in [4.69, 9.17) is 10.00 Å². The van der Waals surface area contributed by atoms with Gasteiger partial charge < -0.3 is 4.74 Å².